The number of amides is 1. The van der Waals surface area contributed by atoms with Crippen LogP contribution in [0, 0.1) is 17.6 Å². The Kier molecular flexibility index (Phi) is 4.42. The second-order valence-corrected chi connectivity index (χ2v) is 5.95. The number of carbonyl (C=O) groups excluding carboxylic acids is 1. The Morgan fingerprint density at radius 1 is 1.17 bits per heavy atom. The summed E-state index contributed by atoms with van der Waals surface area (Å²) in [6, 6.07) is 12.9. The van der Waals surface area contributed by atoms with Gasteiger partial charge in [-0.3, -0.25) is 4.79 Å². The second-order valence-electron chi connectivity index (χ2n) is 5.95. The van der Waals surface area contributed by atoms with Crippen molar-refractivity contribution >= 4 is 5.91 Å². The predicted molar refractivity (Wildman–Crippen MR) is 84.7 cm³/mol. The van der Waals surface area contributed by atoms with E-state index in [0.717, 1.165) is 5.56 Å². The monoisotopic (exact) mass is 315 g/mol. The quantitative estimate of drug-likeness (QED) is 0.813. The van der Waals surface area contributed by atoms with Crippen LogP contribution in [0.4, 0.5) is 8.78 Å². The van der Waals surface area contributed by atoms with Crippen LogP contribution in [0.3, 0.4) is 0 Å². The maximum absolute atomic E-state index is 13.8. The van der Waals surface area contributed by atoms with E-state index in [1.807, 2.05) is 6.92 Å². The van der Waals surface area contributed by atoms with Crippen LogP contribution in [0.2, 0.25) is 0 Å². The summed E-state index contributed by atoms with van der Waals surface area (Å²) in [7, 11) is 0. The highest BCUT2D eigenvalue weighted by Crippen LogP contribution is 2.49. The van der Waals surface area contributed by atoms with E-state index >= 15 is 0 Å². The Balaban J connectivity index is 1.69. The molecule has 0 heterocycles. The van der Waals surface area contributed by atoms with E-state index in [2.05, 4.69) is 0 Å². The molecule has 1 amide bonds. The van der Waals surface area contributed by atoms with Gasteiger partial charge in [-0.25, -0.2) is 8.78 Å². The summed E-state index contributed by atoms with van der Waals surface area (Å²) >= 11 is 0. The Morgan fingerprint density at radius 2 is 1.96 bits per heavy atom. The van der Waals surface area contributed by atoms with Gasteiger partial charge in [-0.15, -0.1) is 0 Å². The Morgan fingerprint density at radius 3 is 2.65 bits per heavy atom. The number of rotatable bonds is 5. The third kappa shape index (κ3) is 3.41. The van der Waals surface area contributed by atoms with E-state index in [9.17, 15) is 13.6 Å². The van der Waals surface area contributed by atoms with Crippen molar-refractivity contribution in [2.45, 2.75) is 25.8 Å². The third-order valence-corrected chi connectivity index (χ3v) is 4.37. The number of carbonyl (C=O) groups is 1. The van der Waals surface area contributed by atoms with E-state index in [1.54, 1.807) is 35.2 Å². The van der Waals surface area contributed by atoms with Crippen molar-refractivity contribution in [1.29, 1.82) is 0 Å². The molecule has 0 aliphatic heterocycles. The SMILES string of the molecule is CCN(Cc1cccc(F)c1)C(=O)C1CC1c1ccccc1F. The largest absolute Gasteiger partial charge is 0.338 e. The molecule has 120 valence electrons. The first-order valence-electron chi connectivity index (χ1n) is 7.87. The molecule has 0 N–H and O–H groups in total. The number of benzene rings is 2. The van der Waals surface area contributed by atoms with Crippen molar-refractivity contribution in [1.82, 2.24) is 4.90 Å². The molecule has 1 fully saturated rings. The maximum Gasteiger partial charge on any atom is 0.226 e. The molecule has 2 aromatic rings. The van der Waals surface area contributed by atoms with Gasteiger partial charge in [-0.1, -0.05) is 30.3 Å². The van der Waals surface area contributed by atoms with E-state index in [4.69, 9.17) is 0 Å². The van der Waals surface area contributed by atoms with Crippen LogP contribution < -0.4 is 0 Å². The van der Waals surface area contributed by atoms with Crippen molar-refractivity contribution in [2.75, 3.05) is 6.54 Å². The molecule has 0 saturated heterocycles. The zero-order valence-electron chi connectivity index (χ0n) is 13.0. The fourth-order valence-electron chi connectivity index (χ4n) is 3.02. The number of hydrogen-bond acceptors (Lipinski definition) is 1. The average molecular weight is 315 g/mol. The molecule has 2 nitrogen and oxygen atoms in total. The molecule has 1 saturated carbocycles. The molecule has 4 heteroatoms. The Bertz CT molecular complexity index is 716. The molecule has 23 heavy (non-hydrogen) atoms. The molecule has 1 aliphatic rings. The fraction of sp³-hybridized carbons (Fsp3) is 0.316. The number of halogens is 2. The van der Waals surface area contributed by atoms with Gasteiger partial charge >= 0.3 is 0 Å². The van der Waals surface area contributed by atoms with Crippen LogP contribution in [0.25, 0.3) is 0 Å². The molecule has 3 rings (SSSR count). The van der Waals surface area contributed by atoms with Crippen molar-refractivity contribution in [3.05, 3.63) is 71.3 Å². The third-order valence-electron chi connectivity index (χ3n) is 4.37. The van der Waals surface area contributed by atoms with Gasteiger partial charge in [0.05, 0.1) is 0 Å². The van der Waals surface area contributed by atoms with Crippen LogP contribution in [0.15, 0.2) is 48.5 Å². The summed E-state index contributed by atoms with van der Waals surface area (Å²) < 4.78 is 27.1. The first-order chi connectivity index (χ1) is 11.1. The molecule has 2 unspecified atom stereocenters. The molecule has 1 aliphatic carbocycles. The molecule has 0 bridgehead atoms. The molecule has 0 aromatic heterocycles. The molecule has 2 aromatic carbocycles. The van der Waals surface area contributed by atoms with Gasteiger partial charge in [0.25, 0.3) is 0 Å². The summed E-state index contributed by atoms with van der Waals surface area (Å²) in [4.78, 5) is 14.3. The van der Waals surface area contributed by atoms with Gasteiger partial charge in [0.1, 0.15) is 11.6 Å². The lowest BCUT2D eigenvalue weighted by Crippen LogP contribution is -2.32. The molecular weight excluding hydrogens is 296 g/mol. The summed E-state index contributed by atoms with van der Waals surface area (Å²) in [6.07, 6.45) is 0.680. The zero-order chi connectivity index (χ0) is 16.4. The van der Waals surface area contributed by atoms with Crippen molar-refractivity contribution in [2.24, 2.45) is 5.92 Å². The zero-order valence-corrected chi connectivity index (χ0v) is 13.0. The van der Waals surface area contributed by atoms with Crippen molar-refractivity contribution in [3.8, 4) is 0 Å². The Labute approximate surface area is 134 Å². The lowest BCUT2D eigenvalue weighted by molar-refractivity contribution is -0.133. The molecular formula is C19H19F2NO. The lowest BCUT2D eigenvalue weighted by atomic mass is 10.1. The molecule has 0 radical (unpaired) electrons. The van der Waals surface area contributed by atoms with E-state index < -0.39 is 0 Å². The second kappa shape index (κ2) is 6.49. The van der Waals surface area contributed by atoms with Gasteiger partial charge in [0, 0.05) is 19.0 Å². The predicted octanol–water partition coefficient (Wildman–Crippen LogP) is 4.12. The lowest BCUT2D eigenvalue weighted by Gasteiger charge is -2.21. The minimum Gasteiger partial charge on any atom is -0.338 e. The highest BCUT2D eigenvalue weighted by atomic mass is 19.1. The van der Waals surface area contributed by atoms with Crippen LogP contribution in [-0.4, -0.2) is 17.4 Å². The first kappa shape index (κ1) is 15.7. The Hall–Kier alpha value is -2.23. The highest BCUT2D eigenvalue weighted by Gasteiger charge is 2.46. The summed E-state index contributed by atoms with van der Waals surface area (Å²) in [5, 5.41) is 0. The van der Waals surface area contributed by atoms with Crippen molar-refractivity contribution in [3.63, 3.8) is 0 Å². The summed E-state index contributed by atoms with van der Waals surface area (Å²) in [6.45, 7) is 2.83. The standard InChI is InChI=1S/C19H19F2NO/c1-2-22(12-13-6-5-7-14(20)10-13)19(23)17-11-16(17)15-8-3-4-9-18(15)21/h3-10,16-17H,2,11-12H2,1H3. The molecule has 2 atom stereocenters. The summed E-state index contributed by atoms with van der Waals surface area (Å²) in [5.41, 5.74) is 1.39. The normalized spacial score (nSPS) is 19.4. The van der Waals surface area contributed by atoms with E-state index in [-0.39, 0.29) is 29.4 Å². The number of nitrogens with zero attached hydrogens (tertiary/aromatic N) is 1. The smallest absolute Gasteiger partial charge is 0.226 e. The van der Waals surface area contributed by atoms with Crippen LogP contribution in [0.1, 0.15) is 30.4 Å². The number of hydrogen-bond donors (Lipinski definition) is 0. The summed E-state index contributed by atoms with van der Waals surface area (Å²) in [5.74, 6) is -0.738. The molecule has 0 spiro atoms. The fourth-order valence-corrected chi connectivity index (χ4v) is 3.02. The van der Waals surface area contributed by atoms with E-state index in [0.29, 0.717) is 25.1 Å². The first-order valence-corrected chi connectivity index (χ1v) is 7.87. The van der Waals surface area contributed by atoms with Gasteiger partial charge in [-0.05, 0) is 48.6 Å². The topological polar surface area (TPSA) is 20.3 Å². The van der Waals surface area contributed by atoms with Crippen LogP contribution >= 0.6 is 0 Å². The average Bonchev–Trinajstić information content (AvgIpc) is 3.33. The minimum absolute atomic E-state index is 0.0185. The van der Waals surface area contributed by atoms with Gasteiger partial charge in [-0.2, -0.15) is 0 Å². The van der Waals surface area contributed by atoms with Gasteiger partial charge in [0.2, 0.25) is 5.91 Å². The minimum atomic E-state index is -0.304. The van der Waals surface area contributed by atoms with Crippen LogP contribution in [-0.2, 0) is 11.3 Å². The van der Waals surface area contributed by atoms with Gasteiger partial charge in [0.15, 0.2) is 0 Å². The van der Waals surface area contributed by atoms with Crippen LogP contribution in [0.5, 0.6) is 0 Å². The van der Waals surface area contributed by atoms with Gasteiger partial charge < -0.3 is 4.90 Å². The maximum atomic E-state index is 13.8. The highest BCUT2D eigenvalue weighted by molar-refractivity contribution is 5.83. The van der Waals surface area contributed by atoms with E-state index in [1.165, 1.54) is 18.2 Å². The van der Waals surface area contributed by atoms with Crippen molar-refractivity contribution < 1.29 is 13.6 Å².